The first-order valence-corrected chi connectivity index (χ1v) is 9.31. The van der Waals surface area contributed by atoms with Crippen molar-refractivity contribution in [2.24, 2.45) is 0 Å². The SMILES string of the molecule is CC(C)(C)c1cc2c(OCc3cc(-c4ccc(F)cc4)no3)ncnc2s1. The van der Waals surface area contributed by atoms with Gasteiger partial charge in [0.15, 0.2) is 12.4 Å². The van der Waals surface area contributed by atoms with Gasteiger partial charge < -0.3 is 9.26 Å². The molecule has 3 heterocycles. The third kappa shape index (κ3) is 3.68. The van der Waals surface area contributed by atoms with Gasteiger partial charge in [-0.05, 0) is 35.7 Å². The summed E-state index contributed by atoms with van der Waals surface area (Å²) in [6, 6.07) is 9.96. The molecule has 0 unspecified atom stereocenters. The molecule has 0 atom stereocenters. The van der Waals surface area contributed by atoms with E-state index in [2.05, 4.69) is 42.0 Å². The van der Waals surface area contributed by atoms with E-state index in [0.717, 1.165) is 15.8 Å². The van der Waals surface area contributed by atoms with Gasteiger partial charge in [-0.25, -0.2) is 14.4 Å². The summed E-state index contributed by atoms with van der Waals surface area (Å²) in [5, 5.41) is 4.91. The molecule has 7 heteroatoms. The molecule has 0 aliphatic carbocycles. The Bertz CT molecular complexity index is 1080. The molecule has 0 aliphatic rings. The van der Waals surface area contributed by atoms with E-state index in [1.54, 1.807) is 29.5 Å². The minimum Gasteiger partial charge on any atom is -0.469 e. The summed E-state index contributed by atoms with van der Waals surface area (Å²) in [6.07, 6.45) is 1.50. The van der Waals surface area contributed by atoms with Gasteiger partial charge in [0.05, 0.1) is 5.39 Å². The first kappa shape index (κ1) is 17.6. The average Bonchev–Trinajstić information content (AvgIpc) is 3.27. The molecule has 0 N–H and O–H groups in total. The average molecular weight is 383 g/mol. The first-order valence-electron chi connectivity index (χ1n) is 8.49. The number of aromatic nitrogens is 3. The van der Waals surface area contributed by atoms with E-state index in [1.165, 1.54) is 23.3 Å². The van der Waals surface area contributed by atoms with Gasteiger partial charge in [-0.1, -0.05) is 25.9 Å². The Morgan fingerprint density at radius 2 is 1.89 bits per heavy atom. The van der Waals surface area contributed by atoms with Crippen LogP contribution in [0, 0.1) is 5.82 Å². The molecule has 1 aromatic carbocycles. The molecule has 4 aromatic rings. The van der Waals surface area contributed by atoms with Crippen molar-refractivity contribution in [1.82, 2.24) is 15.1 Å². The zero-order valence-electron chi connectivity index (χ0n) is 15.2. The largest absolute Gasteiger partial charge is 0.469 e. The molecule has 0 saturated carbocycles. The van der Waals surface area contributed by atoms with E-state index >= 15 is 0 Å². The molecule has 0 spiro atoms. The van der Waals surface area contributed by atoms with Crippen LogP contribution >= 0.6 is 11.3 Å². The maximum absolute atomic E-state index is 13.0. The summed E-state index contributed by atoms with van der Waals surface area (Å²) in [5.41, 5.74) is 1.45. The highest BCUT2D eigenvalue weighted by atomic mass is 32.1. The standard InChI is InChI=1S/C20H18FN3O2S/c1-20(2,3)17-9-15-18(22-11-23-19(15)27-17)25-10-14-8-16(24-26-14)12-4-6-13(21)7-5-12/h4-9,11H,10H2,1-3H3. The molecular formula is C20H18FN3O2S. The Morgan fingerprint density at radius 1 is 1.11 bits per heavy atom. The van der Waals surface area contributed by atoms with Crippen LogP contribution in [-0.4, -0.2) is 15.1 Å². The van der Waals surface area contributed by atoms with Crippen LogP contribution in [0.1, 0.15) is 31.4 Å². The number of benzene rings is 1. The highest BCUT2D eigenvalue weighted by Gasteiger charge is 2.19. The molecule has 0 bridgehead atoms. The van der Waals surface area contributed by atoms with Crippen molar-refractivity contribution in [1.29, 1.82) is 0 Å². The summed E-state index contributed by atoms with van der Waals surface area (Å²) in [5.74, 6) is 0.794. The van der Waals surface area contributed by atoms with Crippen molar-refractivity contribution < 1.29 is 13.7 Å². The Balaban J connectivity index is 1.54. The summed E-state index contributed by atoms with van der Waals surface area (Å²) in [7, 11) is 0. The third-order valence-electron chi connectivity index (χ3n) is 4.08. The Morgan fingerprint density at radius 3 is 2.63 bits per heavy atom. The Kier molecular flexibility index (Phi) is 4.39. The van der Waals surface area contributed by atoms with E-state index in [1.807, 2.05) is 0 Å². The van der Waals surface area contributed by atoms with Gasteiger partial charge in [-0.15, -0.1) is 11.3 Å². The molecule has 5 nitrogen and oxygen atoms in total. The van der Waals surface area contributed by atoms with E-state index < -0.39 is 0 Å². The van der Waals surface area contributed by atoms with Gasteiger partial charge in [0.1, 0.15) is 22.7 Å². The van der Waals surface area contributed by atoms with Crippen LogP contribution in [0.2, 0.25) is 0 Å². The van der Waals surface area contributed by atoms with Crippen molar-refractivity contribution >= 4 is 21.6 Å². The van der Waals surface area contributed by atoms with Crippen LogP contribution in [0.25, 0.3) is 21.5 Å². The molecule has 0 saturated heterocycles. The van der Waals surface area contributed by atoms with Gasteiger partial charge in [0.25, 0.3) is 0 Å². The fourth-order valence-corrected chi connectivity index (χ4v) is 3.64. The van der Waals surface area contributed by atoms with Crippen LogP contribution in [0.5, 0.6) is 5.88 Å². The van der Waals surface area contributed by atoms with Gasteiger partial charge in [-0.3, -0.25) is 0 Å². The second-order valence-electron chi connectivity index (χ2n) is 7.23. The van der Waals surface area contributed by atoms with E-state index in [0.29, 0.717) is 17.3 Å². The molecule has 0 amide bonds. The normalized spacial score (nSPS) is 11.9. The van der Waals surface area contributed by atoms with Crippen molar-refractivity contribution in [3.8, 4) is 17.1 Å². The number of fused-ring (bicyclic) bond motifs is 1. The lowest BCUT2D eigenvalue weighted by atomic mass is 9.94. The number of nitrogens with zero attached hydrogens (tertiary/aromatic N) is 3. The van der Waals surface area contributed by atoms with E-state index in [4.69, 9.17) is 9.26 Å². The second kappa shape index (κ2) is 6.74. The summed E-state index contributed by atoms with van der Waals surface area (Å²) in [6.45, 7) is 6.69. The van der Waals surface area contributed by atoms with Crippen molar-refractivity contribution in [3.05, 3.63) is 59.2 Å². The zero-order chi connectivity index (χ0) is 19.0. The van der Waals surface area contributed by atoms with E-state index in [-0.39, 0.29) is 17.8 Å². The number of hydrogen-bond acceptors (Lipinski definition) is 6. The summed E-state index contributed by atoms with van der Waals surface area (Å²) < 4.78 is 24.2. The lowest BCUT2D eigenvalue weighted by molar-refractivity contribution is 0.244. The number of ether oxygens (including phenoxy) is 1. The van der Waals surface area contributed by atoms with E-state index in [9.17, 15) is 4.39 Å². The Labute approximate surface area is 159 Å². The molecule has 0 radical (unpaired) electrons. The Hall–Kier alpha value is -2.80. The highest BCUT2D eigenvalue weighted by molar-refractivity contribution is 7.18. The predicted molar refractivity (Wildman–Crippen MR) is 102 cm³/mol. The number of hydrogen-bond donors (Lipinski definition) is 0. The minimum absolute atomic E-state index is 0.0393. The molecule has 0 aliphatic heterocycles. The second-order valence-corrected chi connectivity index (χ2v) is 8.26. The number of rotatable bonds is 4. The molecule has 0 fully saturated rings. The lowest BCUT2D eigenvalue weighted by Gasteiger charge is -2.14. The maximum atomic E-state index is 13.0. The topological polar surface area (TPSA) is 61.0 Å². The first-order chi connectivity index (χ1) is 12.9. The molecule has 3 aromatic heterocycles. The van der Waals surface area contributed by atoms with Gasteiger partial charge in [0, 0.05) is 16.5 Å². The van der Waals surface area contributed by atoms with Crippen LogP contribution < -0.4 is 4.74 Å². The maximum Gasteiger partial charge on any atom is 0.225 e. The lowest BCUT2D eigenvalue weighted by Crippen LogP contribution is -2.07. The van der Waals surface area contributed by atoms with Gasteiger partial charge in [-0.2, -0.15) is 0 Å². The summed E-state index contributed by atoms with van der Waals surface area (Å²) >= 11 is 1.65. The number of halogens is 1. The fraction of sp³-hybridized carbons (Fsp3) is 0.250. The van der Waals surface area contributed by atoms with Crippen LogP contribution in [-0.2, 0) is 12.0 Å². The fourth-order valence-electron chi connectivity index (χ4n) is 2.60. The number of thiophene rings is 1. The molecule has 4 rings (SSSR count). The predicted octanol–water partition coefficient (Wildman–Crippen LogP) is 5.36. The third-order valence-corrected chi connectivity index (χ3v) is 5.55. The molecular weight excluding hydrogens is 365 g/mol. The van der Waals surface area contributed by atoms with Gasteiger partial charge in [0.2, 0.25) is 5.88 Å². The summed E-state index contributed by atoms with van der Waals surface area (Å²) in [4.78, 5) is 10.7. The zero-order valence-corrected chi connectivity index (χ0v) is 16.0. The smallest absolute Gasteiger partial charge is 0.225 e. The monoisotopic (exact) mass is 383 g/mol. The van der Waals surface area contributed by atoms with Crippen LogP contribution in [0.15, 0.2) is 47.2 Å². The minimum atomic E-state index is -0.288. The van der Waals surface area contributed by atoms with Crippen molar-refractivity contribution in [2.45, 2.75) is 32.8 Å². The quantitative estimate of drug-likeness (QED) is 0.475. The van der Waals surface area contributed by atoms with Crippen LogP contribution in [0.4, 0.5) is 4.39 Å². The molecule has 138 valence electrons. The van der Waals surface area contributed by atoms with Crippen molar-refractivity contribution in [2.75, 3.05) is 0 Å². The van der Waals surface area contributed by atoms with Gasteiger partial charge >= 0.3 is 0 Å². The van der Waals surface area contributed by atoms with Crippen molar-refractivity contribution in [3.63, 3.8) is 0 Å². The highest BCUT2D eigenvalue weighted by Crippen LogP contribution is 2.36. The van der Waals surface area contributed by atoms with Crippen LogP contribution in [0.3, 0.4) is 0 Å². The molecule has 27 heavy (non-hydrogen) atoms.